The van der Waals surface area contributed by atoms with Gasteiger partial charge < -0.3 is 0 Å². The van der Waals surface area contributed by atoms with Crippen molar-refractivity contribution in [1.82, 2.24) is 28.7 Å². The molecule has 0 aliphatic heterocycles. The van der Waals surface area contributed by atoms with Gasteiger partial charge >= 0.3 is 0 Å². The van der Waals surface area contributed by atoms with Gasteiger partial charge in [0.2, 0.25) is 0 Å². The van der Waals surface area contributed by atoms with E-state index in [2.05, 4.69) is 65.1 Å². The Morgan fingerprint density at radius 1 is 0.394 bits per heavy atom. The molecule has 7 rings (SSSR count). The van der Waals surface area contributed by atoms with Crippen LogP contribution in [0.15, 0.2) is 110 Å². The smallest absolute Gasteiger partial charge is 0.100 e. The van der Waals surface area contributed by atoms with E-state index in [4.69, 9.17) is 0 Å². The Kier molecular flexibility index (Phi) is 3.75. The normalized spacial score (nSPS) is 11.6. The summed E-state index contributed by atoms with van der Waals surface area (Å²) in [6.07, 6.45) is 5.64. The van der Waals surface area contributed by atoms with Crippen molar-refractivity contribution in [3.63, 3.8) is 0 Å². The topological polar surface area (TPSA) is 53.5 Å². The van der Waals surface area contributed by atoms with Gasteiger partial charge in [-0.1, -0.05) is 36.4 Å². The molecule has 7 aromatic rings. The number of nitrogens with zero attached hydrogens (tertiary/aromatic N) is 6. The van der Waals surface area contributed by atoms with E-state index in [-0.39, 0.29) is 0 Å². The van der Waals surface area contributed by atoms with Crippen LogP contribution in [-0.4, -0.2) is 28.7 Å². The van der Waals surface area contributed by atoms with Gasteiger partial charge in [0.25, 0.3) is 0 Å². The molecule has 0 saturated heterocycles. The van der Waals surface area contributed by atoms with Crippen LogP contribution in [0.4, 0.5) is 0 Å². The second kappa shape index (κ2) is 6.90. The molecule has 0 N–H and O–H groups in total. The van der Waals surface area contributed by atoms with E-state index in [0.29, 0.717) is 0 Å². The van der Waals surface area contributed by atoms with Gasteiger partial charge in [-0.05, 0) is 54.6 Å². The Morgan fingerprint density at radius 3 is 1.03 bits per heavy atom. The van der Waals surface area contributed by atoms with Crippen LogP contribution in [0, 0.1) is 0 Å². The molecule has 0 radical (unpaired) electrons. The standard InChI is InChI=1S/C27H18N6/c1-4-10-25-22(7-1)28-16-31(25)19-13-20(32-17-29-23-8-2-5-11-26(23)32)15-21(14-19)33-18-30-24-9-3-6-12-27(24)33/h1-18H. The van der Waals surface area contributed by atoms with Crippen LogP contribution in [0.2, 0.25) is 0 Å². The molecule has 6 heteroatoms. The van der Waals surface area contributed by atoms with Crippen LogP contribution in [-0.2, 0) is 0 Å². The molecule has 33 heavy (non-hydrogen) atoms. The van der Waals surface area contributed by atoms with Crippen molar-refractivity contribution >= 4 is 33.1 Å². The van der Waals surface area contributed by atoms with Crippen molar-refractivity contribution in [3.05, 3.63) is 110 Å². The van der Waals surface area contributed by atoms with Gasteiger partial charge in [-0.15, -0.1) is 0 Å². The van der Waals surface area contributed by atoms with Gasteiger partial charge in [-0.3, -0.25) is 13.7 Å². The Hall–Kier alpha value is -4.71. The zero-order valence-electron chi connectivity index (χ0n) is 17.6. The summed E-state index contributed by atoms with van der Waals surface area (Å²) in [7, 11) is 0. The zero-order valence-corrected chi connectivity index (χ0v) is 17.6. The predicted molar refractivity (Wildman–Crippen MR) is 130 cm³/mol. The summed E-state index contributed by atoms with van der Waals surface area (Å²) in [4.78, 5) is 13.8. The molecule has 0 unspecified atom stereocenters. The van der Waals surface area contributed by atoms with E-state index < -0.39 is 0 Å². The lowest BCUT2D eigenvalue weighted by Crippen LogP contribution is -2.01. The number of imidazole rings is 3. The predicted octanol–water partition coefficient (Wildman–Crippen LogP) is 5.70. The van der Waals surface area contributed by atoms with Crippen LogP contribution in [0.5, 0.6) is 0 Å². The van der Waals surface area contributed by atoms with Crippen LogP contribution in [0.3, 0.4) is 0 Å². The quantitative estimate of drug-likeness (QED) is 0.364. The number of benzene rings is 4. The minimum Gasteiger partial charge on any atom is -0.299 e. The molecule has 0 fully saturated rings. The third-order valence-corrected chi connectivity index (χ3v) is 6.08. The lowest BCUT2D eigenvalue weighted by Gasteiger charge is -2.14. The number of hydrogen-bond acceptors (Lipinski definition) is 3. The SMILES string of the molecule is c1ccc2c(c1)ncn2-c1cc(-n2cnc3ccccc32)cc(-n2cnc3ccccc32)c1. The molecular weight excluding hydrogens is 408 g/mol. The highest BCUT2D eigenvalue weighted by molar-refractivity contribution is 5.81. The zero-order chi connectivity index (χ0) is 21.8. The summed E-state index contributed by atoms with van der Waals surface area (Å²) < 4.78 is 6.38. The third kappa shape index (κ3) is 2.78. The van der Waals surface area contributed by atoms with Gasteiger partial charge in [0, 0.05) is 0 Å². The molecule has 0 aliphatic rings. The Balaban J connectivity index is 1.52. The Morgan fingerprint density at radius 2 is 0.697 bits per heavy atom. The molecule has 4 aromatic carbocycles. The number of aromatic nitrogens is 6. The number of fused-ring (bicyclic) bond motifs is 3. The molecule has 0 aliphatic carbocycles. The fourth-order valence-electron chi connectivity index (χ4n) is 4.49. The molecule has 156 valence electrons. The first-order valence-electron chi connectivity index (χ1n) is 10.8. The van der Waals surface area contributed by atoms with E-state index in [1.807, 2.05) is 73.6 Å². The first kappa shape index (κ1) is 17.9. The molecular formula is C27H18N6. The molecule has 3 heterocycles. The number of hydrogen-bond donors (Lipinski definition) is 0. The lowest BCUT2D eigenvalue weighted by atomic mass is 10.2. The van der Waals surface area contributed by atoms with Gasteiger partial charge in [-0.25, -0.2) is 15.0 Å². The summed E-state index contributed by atoms with van der Waals surface area (Å²) in [5, 5.41) is 0. The average molecular weight is 426 g/mol. The highest BCUT2D eigenvalue weighted by atomic mass is 15.1. The van der Waals surface area contributed by atoms with Crippen LogP contribution < -0.4 is 0 Å². The fraction of sp³-hybridized carbons (Fsp3) is 0. The molecule has 0 saturated carbocycles. The van der Waals surface area contributed by atoms with E-state index in [1.165, 1.54) is 0 Å². The highest BCUT2D eigenvalue weighted by Gasteiger charge is 2.13. The van der Waals surface area contributed by atoms with Crippen molar-refractivity contribution in [2.24, 2.45) is 0 Å². The highest BCUT2D eigenvalue weighted by Crippen LogP contribution is 2.28. The molecule has 3 aromatic heterocycles. The number of rotatable bonds is 3. The lowest BCUT2D eigenvalue weighted by molar-refractivity contribution is 1.02. The first-order chi connectivity index (χ1) is 16.3. The second-order valence-electron chi connectivity index (χ2n) is 8.02. The van der Waals surface area contributed by atoms with Crippen molar-refractivity contribution in [1.29, 1.82) is 0 Å². The third-order valence-electron chi connectivity index (χ3n) is 6.08. The van der Waals surface area contributed by atoms with Gasteiger partial charge in [0.1, 0.15) is 19.0 Å². The fourth-order valence-corrected chi connectivity index (χ4v) is 4.49. The van der Waals surface area contributed by atoms with Gasteiger partial charge in [0.15, 0.2) is 0 Å². The summed E-state index contributed by atoms with van der Waals surface area (Å²) in [5.74, 6) is 0. The average Bonchev–Trinajstić information content (AvgIpc) is 3.60. The van der Waals surface area contributed by atoms with Gasteiger partial charge in [0.05, 0.1) is 50.2 Å². The van der Waals surface area contributed by atoms with Crippen LogP contribution in [0.1, 0.15) is 0 Å². The first-order valence-corrected chi connectivity index (χ1v) is 10.8. The minimum absolute atomic E-state index is 0.964. The van der Waals surface area contributed by atoms with Crippen LogP contribution in [0.25, 0.3) is 50.2 Å². The van der Waals surface area contributed by atoms with E-state index in [1.54, 1.807) is 0 Å². The maximum absolute atomic E-state index is 4.60. The van der Waals surface area contributed by atoms with Crippen molar-refractivity contribution in [3.8, 4) is 17.1 Å². The molecule has 0 bridgehead atoms. The van der Waals surface area contributed by atoms with Crippen molar-refractivity contribution < 1.29 is 0 Å². The monoisotopic (exact) mass is 426 g/mol. The summed E-state index contributed by atoms with van der Waals surface area (Å²) in [6.45, 7) is 0. The molecule has 6 nitrogen and oxygen atoms in total. The minimum atomic E-state index is 0.964. The van der Waals surface area contributed by atoms with E-state index >= 15 is 0 Å². The summed E-state index contributed by atoms with van der Waals surface area (Å²) >= 11 is 0. The van der Waals surface area contributed by atoms with Crippen LogP contribution >= 0.6 is 0 Å². The Bertz CT molecular complexity index is 1560. The number of para-hydroxylation sites is 6. The molecule has 0 amide bonds. The summed E-state index contributed by atoms with van der Waals surface area (Å²) in [5.41, 5.74) is 9.14. The maximum atomic E-state index is 4.60. The summed E-state index contributed by atoms with van der Waals surface area (Å²) in [6, 6.07) is 31.0. The second-order valence-corrected chi connectivity index (χ2v) is 8.02. The molecule has 0 spiro atoms. The van der Waals surface area contributed by atoms with Crippen molar-refractivity contribution in [2.75, 3.05) is 0 Å². The van der Waals surface area contributed by atoms with E-state index in [9.17, 15) is 0 Å². The van der Waals surface area contributed by atoms with Crippen molar-refractivity contribution in [2.45, 2.75) is 0 Å². The molecule has 0 atom stereocenters. The maximum Gasteiger partial charge on any atom is 0.100 e. The van der Waals surface area contributed by atoms with E-state index in [0.717, 1.165) is 50.2 Å². The Labute approximate surface area is 189 Å². The van der Waals surface area contributed by atoms with Gasteiger partial charge in [-0.2, -0.15) is 0 Å². The largest absolute Gasteiger partial charge is 0.299 e.